The molecule has 0 bridgehead atoms. The smallest absolute Gasteiger partial charge is 0.304 e. The van der Waals surface area contributed by atoms with Gasteiger partial charge in [0.05, 0.1) is 6.42 Å². The zero-order valence-corrected chi connectivity index (χ0v) is 10.4. The number of rotatable bonds is 4. The van der Waals surface area contributed by atoms with Crippen molar-refractivity contribution in [2.45, 2.75) is 18.8 Å². The van der Waals surface area contributed by atoms with E-state index in [0.717, 1.165) is 24.5 Å². The molecular weight excluding hydrogens is 238 g/mol. The lowest BCUT2D eigenvalue weighted by atomic mass is 9.99. The van der Waals surface area contributed by atoms with Crippen LogP contribution in [0.3, 0.4) is 0 Å². The quantitative estimate of drug-likeness (QED) is 0.897. The first-order chi connectivity index (χ1) is 8.15. The van der Waals surface area contributed by atoms with Gasteiger partial charge in [-0.05, 0) is 36.6 Å². The molecule has 0 saturated carbocycles. The van der Waals surface area contributed by atoms with Crippen LogP contribution in [-0.4, -0.2) is 35.6 Å². The molecule has 4 heteroatoms. The maximum atomic E-state index is 10.5. The summed E-state index contributed by atoms with van der Waals surface area (Å²) in [4.78, 5) is 12.7. The van der Waals surface area contributed by atoms with E-state index < -0.39 is 5.97 Å². The fourth-order valence-corrected chi connectivity index (χ4v) is 2.42. The molecule has 0 aromatic heterocycles. The van der Waals surface area contributed by atoms with E-state index in [1.165, 1.54) is 5.56 Å². The Morgan fingerprint density at radius 1 is 1.41 bits per heavy atom. The Morgan fingerprint density at radius 2 is 2.12 bits per heavy atom. The second-order valence-electron chi connectivity index (χ2n) is 4.48. The summed E-state index contributed by atoms with van der Waals surface area (Å²) in [5, 5.41) is 9.40. The highest BCUT2D eigenvalue weighted by Crippen LogP contribution is 2.27. The van der Waals surface area contributed by atoms with E-state index >= 15 is 0 Å². The fourth-order valence-electron chi connectivity index (χ4n) is 2.30. The molecule has 0 aliphatic carbocycles. The lowest BCUT2D eigenvalue weighted by Crippen LogP contribution is -2.23. The van der Waals surface area contributed by atoms with Crippen LogP contribution < -0.4 is 0 Å². The predicted molar refractivity (Wildman–Crippen MR) is 67.5 cm³/mol. The standard InChI is InChI=1S/C13H16ClNO2/c14-12-3-1-10(2-4-12)11-5-7-15(9-11)8-6-13(16)17/h1-4,11H,5-9H2,(H,16,17). The van der Waals surface area contributed by atoms with Gasteiger partial charge in [-0.2, -0.15) is 0 Å². The number of halogens is 1. The van der Waals surface area contributed by atoms with Gasteiger partial charge in [-0.25, -0.2) is 0 Å². The molecule has 1 saturated heterocycles. The fraction of sp³-hybridized carbons (Fsp3) is 0.462. The van der Waals surface area contributed by atoms with Crippen LogP contribution in [0.2, 0.25) is 5.02 Å². The van der Waals surface area contributed by atoms with E-state index in [4.69, 9.17) is 16.7 Å². The monoisotopic (exact) mass is 253 g/mol. The molecular formula is C13H16ClNO2. The van der Waals surface area contributed by atoms with E-state index in [1.54, 1.807) is 0 Å². The zero-order chi connectivity index (χ0) is 12.3. The molecule has 0 spiro atoms. The Kier molecular flexibility index (Phi) is 4.02. The topological polar surface area (TPSA) is 40.5 Å². The molecule has 1 unspecified atom stereocenters. The molecule has 1 fully saturated rings. The van der Waals surface area contributed by atoms with Gasteiger partial charge in [0, 0.05) is 18.1 Å². The molecule has 1 N–H and O–H groups in total. The summed E-state index contributed by atoms with van der Waals surface area (Å²) in [5.74, 6) is -0.207. The highest BCUT2D eigenvalue weighted by atomic mass is 35.5. The first-order valence-corrected chi connectivity index (χ1v) is 6.22. The van der Waals surface area contributed by atoms with Crippen LogP contribution in [0.25, 0.3) is 0 Å². The minimum atomic E-state index is -0.722. The lowest BCUT2D eigenvalue weighted by Gasteiger charge is -2.14. The van der Waals surface area contributed by atoms with Crippen molar-refractivity contribution in [2.75, 3.05) is 19.6 Å². The van der Waals surface area contributed by atoms with E-state index in [9.17, 15) is 4.79 Å². The number of carbonyl (C=O) groups is 1. The average Bonchev–Trinajstić information content (AvgIpc) is 2.76. The van der Waals surface area contributed by atoms with Crippen molar-refractivity contribution in [1.82, 2.24) is 4.90 Å². The van der Waals surface area contributed by atoms with Gasteiger partial charge in [0.2, 0.25) is 0 Å². The van der Waals surface area contributed by atoms with Crippen molar-refractivity contribution < 1.29 is 9.90 Å². The normalized spacial score (nSPS) is 20.6. The summed E-state index contributed by atoms with van der Waals surface area (Å²) in [6.45, 7) is 2.59. The highest BCUT2D eigenvalue weighted by Gasteiger charge is 2.23. The molecule has 17 heavy (non-hydrogen) atoms. The molecule has 1 heterocycles. The van der Waals surface area contributed by atoms with Crippen molar-refractivity contribution in [3.8, 4) is 0 Å². The van der Waals surface area contributed by atoms with Gasteiger partial charge in [0.15, 0.2) is 0 Å². The number of aliphatic carboxylic acids is 1. The van der Waals surface area contributed by atoms with Crippen LogP contribution in [0.15, 0.2) is 24.3 Å². The summed E-state index contributed by atoms with van der Waals surface area (Å²) in [5.41, 5.74) is 1.30. The van der Waals surface area contributed by atoms with Crippen LogP contribution in [0.5, 0.6) is 0 Å². The Morgan fingerprint density at radius 3 is 2.76 bits per heavy atom. The van der Waals surface area contributed by atoms with Crippen molar-refractivity contribution >= 4 is 17.6 Å². The molecule has 1 aromatic rings. The van der Waals surface area contributed by atoms with Gasteiger partial charge >= 0.3 is 5.97 Å². The maximum Gasteiger partial charge on any atom is 0.304 e. The average molecular weight is 254 g/mol. The summed E-state index contributed by atoms with van der Waals surface area (Å²) in [6, 6.07) is 7.95. The van der Waals surface area contributed by atoms with E-state index in [2.05, 4.69) is 17.0 Å². The van der Waals surface area contributed by atoms with Crippen molar-refractivity contribution in [2.24, 2.45) is 0 Å². The van der Waals surface area contributed by atoms with Gasteiger partial charge in [0.1, 0.15) is 0 Å². The number of carboxylic acids is 1. The van der Waals surface area contributed by atoms with Gasteiger partial charge in [0.25, 0.3) is 0 Å². The van der Waals surface area contributed by atoms with Crippen molar-refractivity contribution in [3.63, 3.8) is 0 Å². The largest absolute Gasteiger partial charge is 0.481 e. The van der Waals surface area contributed by atoms with Gasteiger partial charge in [-0.1, -0.05) is 23.7 Å². The third-order valence-corrected chi connectivity index (χ3v) is 3.51. The molecule has 3 nitrogen and oxygen atoms in total. The van der Waals surface area contributed by atoms with Crippen molar-refractivity contribution in [1.29, 1.82) is 0 Å². The summed E-state index contributed by atoms with van der Waals surface area (Å²) < 4.78 is 0. The Labute approximate surface area is 106 Å². The number of likely N-dealkylation sites (tertiary alicyclic amines) is 1. The minimum absolute atomic E-state index is 0.230. The highest BCUT2D eigenvalue weighted by molar-refractivity contribution is 6.30. The van der Waals surface area contributed by atoms with Crippen LogP contribution in [0.1, 0.15) is 24.3 Å². The lowest BCUT2D eigenvalue weighted by molar-refractivity contribution is -0.137. The molecule has 1 aromatic carbocycles. The number of benzene rings is 1. The molecule has 2 rings (SSSR count). The predicted octanol–water partition coefficient (Wildman–Crippen LogP) is 2.60. The first kappa shape index (κ1) is 12.4. The number of hydrogen-bond donors (Lipinski definition) is 1. The van der Waals surface area contributed by atoms with Gasteiger partial charge in [-0.15, -0.1) is 0 Å². The third-order valence-electron chi connectivity index (χ3n) is 3.26. The van der Waals surface area contributed by atoms with E-state index in [1.807, 2.05) is 12.1 Å². The number of carboxylic acid groups (broad SMARTS) is 1. The summed E-state index contributed by atoms with van der Waals surface area (Å²) >= 11 is 5.86. The van der Waals surface area contributed by atoms with E-state index in [-0.39, 0.29) is 6.42 Å². The van der Waals surface area contributed by atoms with Gasteiger partial charge in [-0.3, -0.25) is 4.79 Å². The molecule has 1 atom stereocenters. The molecule has 0 amide bonds. The van der Waals surface area contributed by atoms with Crippen molar-refractivity contribution in [3.05, 3.63) is 34.9 Å². The second-order valence-corrected chi connectivity index (χ2v) is 4.92. The molecule has 1 aliphatic heterocycles. The summed E-state index contributed by atoms with van der Waals surface area (Å²) in [6.07, 6.45) is 1.33. The number of hydrogen-bond acceptors (Lipinski definition) is 2. The molecule has 92 valence electrons. The minimum Gasteiger partial charge on any atom is -0.481 e. The van der Waals surface area contributed by atoms with Crippen LogP contribution in [0, 0.1) is 0 Å². The Hall–Kier alpha value is -1.06. The SMILES string of the molecule is O=C(O)CCN1CCC(c2ccc(Cl)cc2)C1. The zero-order valence-electron chi connectivity index (χ0n) is 9.60. The summed E-state index contributed by atoms with van der Waals surface area (Å²) in [7, 11) is 0. The third kappa shape index (κ3) is 3.45. The molecule has 1 aliphatic rings. The van der Waals surface area contributed by atoms with Gasteiger partial charge < -0.3 is 10.0 Å². The maximum absolute atomic E-state index is 10.5. The molecule has 0 radical (unpaired) electrons. The van der Waals surface area contributed by atoms with Crippen LogP contribution >= 0.6 is 11.6 Å². The Bertz CT molecular complexity index is 391. The first-order valence-electron chi connectivity index (χ1n) is 5.85. The second kappa shape index (κ2) is 5.52. The number of nitrogens with zero attached hydrogens (tertiary/aromatic N) is 1. The van der Waals surface area contributed by atoms with Crippen LogP contribution in [0.4, 0.5) is 0 Å². The Balaban J connectivity index is 1.89. The van der Waals surface area contributed by atoms with E-state index in [0.29, 0.717) is 12.5 Å². The van der Waals surface area contributed by atoms with Crippen LogP contribution in [-0.2, 0) is 4.79 Å².